The largest absolute Gasteiger partial charge is 0.352 e. The van der Waals surface area contributed by atoms with Gasteiger partial charge in [-0.05, 0) is 44.7 Å². The summed E-state index contributed by atoms with van der Waals surface area (Å²) < 4.78 is 0. The summed E-state index contributed by atoms with van der Waals surface area (Å²) >= 11 is 0. The normalized spacial score (nSPS) is 20.9. The zero-order valence-corrected chi connectivity index (χ0v) is 15.0. The number of carbonyl (C=O) groups excluding carboxylic acids is 2. The lowest BCUT2D eigenvalue weighted by Gasteiger charge is -2.35. The van der Waals surface area contributed by atoms with Crippen LogP contribution in [0.2, 0.25) is 0 Å². The first kappa shape index (κ1) is 18.5. The van der Waals surface area contributed by atoms with Crippen molar-refractivity contribution >= 4 is 11.8 Å². The molecule has 5 nitrogen and oxygen atoms in total. The van der Waals surface area contributed by atoms with Crippen LogP contribution in [0.4, 0.5) is 0 Å². The minimum atomic E-state index is -0.810. The van der Waals surface area contributed by atoms with Gasteiger partial charge in [0.15, 0.2) is 0 Å². The first-order valence-corrected chi connectivity index (χ1v) is 8.80. The molecular formula is C19H29N3O2. The summed E-state index contributed by atoms with van der Waals surface area (Å²) in [5, 5.41) is 2.99. The zero-order chi connectivity index (χ0) is 17.8. The lowest BCUT2D eigenvalue weighted by atomic mass is 9.92. The Balaban J connectivity index is 2.12. The molecule has 0 bridgehead atoms. The second kappa shape index (κ2) is 7.34. The maximum Gasteiger partial charge on any atom is 0.254 e. The molecule has 1 unspecified atom stereocenters. The van der Waals surface area contributed by atoms with Gasteiger partial charge < -0.3 is 16.0 Å². The Morgan fingerprint density at radius 2 is 1.88 bits per heavy atom. The van der Waals surface area contributed by atoms with Gasteiger partial charge in [-0.1, -0.05) is 32.0 Å². The molecule has 0 aliphatic carbocycles. The minimum Gasteiger partial charge on any atom is -0.352 e. The SMILES string of the molecule is CCC(N)(CC)CNC(=O)C1(C)CCCN1C(=O)c1ccccc1. The molecule has 1 fully saturated rings. The average Bonchev–Trinajstić information content (AvgIpc) is 3.02. The molecule has 1 aromatic rings. The Bertz CT molecular complexity index is 584. The van der Waals surface area contributed by atoms with Gasteiger partial charge in [0.05, 0.1) is 0 Å². The van der Waals surface area contributed by atoms with E-state index >= 15 is 0 Å². The van der Waals surface area contributed by atoms with E-state index in [4.69, 9.17) is 5.73 Å². The second-order valence-electron chi connectivity index (χ2n) is 6.95. The van der Waals surface area contributed by atoms with Crippen molar-refractivity contribution in [2.24, 2.45) is 5.73 Å². The van der Waals surface area contributed by atoms with E-state index in [0.717, 1.165) is 19.3 Å². The van der Waals surface area contributed by atoms with Crippen molar-refractivity contribution in [2.45, 2.75) is 57.5 Å². The van der Waals surface area contributed by atoms with E-state index in [1.54, 1.807) is 17.0 Å². The highest BCUT2D eigenvalue weighted by atomic mass is 16.2. The smallest absolute Gasteiger partial charge is 0.254 e. The highest BCUT2D eigenvalue weighted by Crippen LogP contribution is 2.31. The Labute approximate surface area is 144 Å². The Hall–Kier alpha value is -1.88. The van der Waals surface area contributed by atoms with E-state index in [1.807, 2.05) is 39.0 Å². The molecule has 0 spiro atoms. The van der Waals surface area contributed by atoms with E-state index in [-0.39, 0.29) is 17.4 Å². The van der Waals surface area contributed by atoms with E-state index in [1.165, 1.54) is 0 Å². The number of amides is 2. The van der Waals surface area contributed by atoms with E-state index in [9.17, 15) is 9.59 Å². The Morgan fingerprint density at radius 1 is 1.25 bits per heavy atom. The first-order valence-electron chi connectivity index (χ1n) is 8.80. The fourth-order valence-corrected chi connectivity index (χ4v) is 3.21. The summed E-state index contributed by atoms with van der Waals surface area (Å²) in [6, 6.07) is 9.14. The number of rotatable bonds is 6. The molecular weight excluding hydrogens is 302 g/mol. The average molecular weight is 331 g/mol. The summed E-state index contributed by atoms with van der Waals surface area (Å²) in [5.41, 5.74) is 5.70. The summed E-state index contributed by atoms with van der Waals surface area (Å²) in [6.07, 6.45) is 3.10. The van der Waals surface area contributed by atoms with Crippen molar-refractivity contribution in [3.8, 4) is 0 Å². The van der Waals surface area contributed by atoms with Crippen molar-refractivity contribution < 1.29 is 9.59 Å². The molecule has 1 aliphatic rings. The predicted molar refractivity (Wildman–Crippen MR) is 95.6 cm³/mol. The van der Waals surface area contributed by atoms with Crippen LogP contribution in [0.1, 0.15) is 56.8 Å². The minimum absolute atomic E-state index is 0.0873. The van der Waals surface area contributed by atoms with Gasteiger partial charge >= 0.3 is 0 Å². The van der Waals surface area contributed by atoms with Crippen molar-refractivity contribution in [3.05, 3.63) is 35.9 Å². The van der Waals surface area contributed by atoms with Crippen LogP contribution >= 0.6 is 0 Å². The van der Waals surface area contributed by atoms with Gasteiger partial charge in [0.1, 0.15) is 5.54 Å². The summed E-state index contributed by atoms with van der Waals surface area (Å²) in [6.45, 7) is 6.94. The first-order chi connectivity index (χ1) is 11.4. The molecule has 1 atom stereocenters. The lowest BCUT2D eigenvalue weighted by molar-refractivity contribution is -0.130. The van der Waals surface area contributed by atoms with Crippen molar-refractivity contribution in [3.63, 3.8) is 0 Å². The number of nitrogens with two attached hydrogens (primary N) is 1. The number of likely N-dealkylation sites (tertiary alicyclic amines) is 1. The van der Waals surface area contributed by atoms with Gasteiger partial charge in [0.25, 0.3) is 5.91 Å². The van der Waals surface area contributed by atoms with Gasteiger partial charge in [-0.15, -0.1) is 0 Å². The highest BCUT2D eigenvalue weighted by Gasteiger charge is 2.46. The molecule has 0 radical (unpaired) electrons. The van der Waals surface area contributed by atoms with Gasteiger partial charge in [-0.25, -0.2) is 0 Å². The summed E-state index contributed by atoms with van der Waals surface area (Å²) in [4.78, 5) is 27.3. The predicted octanol–water partition coefficient (Wildman–Crippen LogP) is 2.31. The van der Waals surface area contributed by atoms with Crippen molar-refractivity contribution in [1.29, 1.82) is 0 Å². The molecule has 2 amide bonds. The van der Waals surface area contributed by atoms with E-state index < -0.39 is 5.54 Å². The fourth-order valence-electron chi connectivity index (χ4n) is 3.21. The number of carbonyl (C=O) groups is 2. The summed E-state index contributed by atoms with van der Waals surface area (Å²) in [5.74, 6) is -0.197. The van der Waals surface area contributed by atoms with Gasteiger partial charge in [0, 0.05) is 24.2 Å². The maximum atomic E-state index is 12.8. The van der Waals surface area contributed by atoms with Crippen LogP contribution in [-0.2, 0) is 4.79 Å². The molecule has 24 heavy (non-hydrogen) atoms. The second-order valence-corrected chi connectivity index (χ2v) is 6.95. The maximum absolute atomic E-state index is 12.8. The lowest BCUT2D eigenvalue weighted by Crippen LogP contribution is -2.58. The molecule has 5 heteroatoms. The fraction of sp³-hybridized carbons (Fsp3) is 0.579. The highest BCUT2D eigenvalue weighted by molar-refractivity contribution is 5.99. The van der Waals surface area contributed by atoms with Crippen LogP contribution in [-0.4, -0.2) is 40.9 Å². The molecule has 2 rings (SSSR count). The molecule has 3 N–H and O–H groups in total. The number of hydrogen-bond acceptors (Lipinski definition) is 3. The number of benzene rings is 1. The molecule has 0 saturated carbocycles. The Kier molecular flexibility index (Phi) is 5.65. The van der Waals surface area contributed by atoms with Crippen LogP contribution in [0.3, 0.4) is 0 Å². The standard InChI is InChI=1S/C19H29N3O2/c1-4-19(20,5-2)14-21-17(24)18(3)12-9-13-22(18)16(23)15-10-7-6-8-11-15/h6-8,10-11H,4-5,9,12-14,20H2,1-3H3,(H,21,24). The topological polar surface area (TPSA) is 75.4 Å². The quantitative estimate of drug-likeness (QED) is 0.840. The monoisotopic (exact) mass is 331 g/mol. The third kappa shape index (κ3) is 3.61. The van der Waals surface area contributed by atoms with Crippen LogP contribution in [0.5, 0.6) is 0 Å². The molecule has 1 heterocycles. The van der Waals surface area contributed by atoms with E-state index in [2.05, 4.69) is 5.32 Å². The third-order valence-corrected chi connectivity index (χ3v) is 5.41. The number of nitrogens with one attached hydrogen (secondary N) is 1. The van der Waals surface area contributed by atoms with Gasteiger partial charge in [-0.2, -0.15) is 0 Å². The number of nitrogens with zero attached hydrogens (tertiary/aromatic N) is 1. The van der Waals surface area contributed by atoms with Gasteiger partial charge in [-0.3, -0.25) is 9.59 Å². The van der Waals surface area contributed by atoms with Crippen LogP contribution in [0.15, 0.2) is 30.3 Å². The van der Waals surface area contributed by atoms with E-state index in [0.29, 0.717) is 25.1 Å². The van der Waals surface area contributed by atoms with Crippen molar-refractivity contribution in [1.82, 2.24) is 10.2 Å². The van der Waals surface area contributed by atoms with Crippen LogP contribution < -0.4 is 11.1 Å². The Morgan fingerprint density at radius 3 is 2.46 bits per heavy atom. The number of hydrogen-bond donors (Lipinski definition) is 2. The zero-order valence-electron chi connectivity index (χ0n) is 15.0. The molecule has 1 saturated heterocycles. The van der Waals surface area contributed by atoms with Crippen LogP contribution in [0.25, 0.3) is 0 Å². The molecule has 132 valence electrons. The van der Waals surface area contributed by atoms with Crippen molar-refractivity contribution in [2.75, 3.05) is 13.1 Å². The van der Waals surface area contributed by atoms with Crippen LogP contribution in [0, 0.1) is 0 Å². The summed E-state index contributed by atoms with van der Waals surface area (Å²) in [7, 11) is 0. The van der Waals surface area contributed by atoms with Gasteiger partial charge in [0.2, 0.25) is 5.91 Å². The molecule has 1 aliphatic heterocycles. The molecule has 1 aromatic carbocycles. The third-order valence-electron chi connectivity index (χ3n) is 5.41. The molecule has 0 aromatic heterocycles.